The highest BCUT2D eigenvalue weighted by Gasteiger charge is 2.34. The average Bonchev–Trinajstić information content (AvgIpc) is 2.83. The summed E-state index contributed by atoms with van der Waals surface area (Å²) >= 11 is 0. The van der Waals surface area contributed by atoms with Crippen molar-refractivity contribution < 1.29 is 21.6 Å². The number of hydrogen-bond acceptors (Lipinski definition) is 5. The van der Waals surface area contributed by atoms with E-state index in [-0.39, 0.29) is 18.0 Å². The highest BCUT2D eigenvalue weighted by Crippen LogP contribution is 2.33. The van der Waals surface area contributed by atoms with Crippen LogP contribution in [-0.2, 0) is 29.2 Å². The maximum atomic E-state index is 13.1. The third-order valence-electron chi connectivity index (χ3n) is 5.76. The number of anilines is 2. The van der Waals surface area contributed by atoms with E-state index in [4.69, 9.17) is 0 Å². The third kappa shape index (κ3) is 4.22. The fourth-order valence-electron chi connectivity index (χ4n) is 4.04. The lowest BCUT2D eigenvalue weighted by Crippen LogP contribution is -2.36. The van der Waals surface area contributed by atoms with Gasteiger partial charge in [-0.05, 0) is 48.4 Å². The quantitative estimate of drug-likeness (QED) is 0.434. The summed E-state index contributed by atoms with van der Waals surface area (Å²) in [7, 11) is -4.10. The molecule has 0 amide bonds. The Morgan fingerprint density at radius 2 is 1.79 bits per heavy atom. The number of pyridine rings is 2. The van der Waals surface area contributed by atoms with Crippen LogP contribution in [0.15, 0.2) is 78.0 Å². The largest absolute Gasteiger partial charge is 0.416 e. The van der Waals surface area contributed by atoms with E-state index in [9.17, 15) is 21.6 Å². The van der Waals surface area contributed by atoms with Gasteiger partial charge in [0.2, 0.25) is 10.0 Å². The molecule has 3 heterocycles. The predicted octanol–water partition coefficient (Wildman–Crippen LogP) is 5.14. The van der Waals surface area contributed by atoms with Crippen molar-refractivity contribution in [1.82, 2.24) is 14.3 Å². The molecule has 0 spiro atoms. The molecule has 34 heavy (non-hydrogen) atoms. The van der Waals surface area contributed by atoms with Gasteiger partial charge in [0, 0.05) is 30.2 Å². The standard InChI is InChI=1S/C24H19F3N4O2S/c25-24(26,27)18-5-3-6-20(13-18)34(32,33)31-11-9-21-17(15-31)8-10-28-23(21)30-19-12-16-4-1-2-7-22(16)29-14-19/h1-8,10,12-14H,9,11,15H2,(H,28,30). The number of halogens is 3. The number of para-hydroxylation sites is 1. The summed E-state index contributed by atoms with van der Waals surface area (Å²) in [6.45, 7) is 0.170. The minimum atomic E-state index is -4.62. The van der Waals surface area contributed by atoms with Crippen LogP contribution in [0.1, 0.15) is 16.7 Å². The van der Waals surface area contributed by atoms with Crippen LogP contribution in [0.3, 0.4) is 0 Å². The van der Waals surface area contributed by atoms with Crippen molar-refractivity contribution in [2.24, 2.45) is 0 Å². The fraction of sp³-hybridized carbons (Fsp3) is 0.167. The van der Waals surface area contributed by atoms with Gasteiger partial charge in [-0.2, -0.15) is 17.5 Å². The van der Waals surface area contributed by atoms with Crippen LogP contribution < -0.4 is 5.32 Å². The molecule has 0 atom stereocenters. The first-order valence-electron chi connectivity index (χ1n) is 10.5. The zero-order valence-corrected chi connectivity index (χ0v) is 18.6. The molecule has 6 nitrogen and oxygen atoms in total. The van der Waals surface area contributed by atoms with Gasteiger partial charge in [0.25, 0.3) is 0 Å². The molecule has 0 aliphatic carbocycles. The van der Waals surface area contributed by atoms with E-state index < -0.39 is 21.8 Å². The number of alkyl halides is 3. The molecule has 1 aliphatic rings. The van der Waals surface area contributed by atoms with Crippen LogP contribution in [0.2, 0.25) is 0 Å². The lowest BCUT2D eigenvalue weighted by Gasteiger charge is -2.29. The minimum Gasteiger partial charge on any atom is -0.339 e. The molecule has 5 rings (SSSR count). The number of rotatable bonds is 4. The van der Waals surface area contributed by atoms with Crippen LogP contribution in [0, 0.1) is 0 Å². The molecule has 0 bridgehead atoms. The summed E-state index contributed by atoms with van der Waals surface area (Å²) in [6, 6.07) is 15.2. The van der Waals surface area contributed by atoms with Crippen molar-refractivity contribution in [1.29, 1.82) is 0 Å². The van der Waals surface area contributed by atoms with Crippen LogP contribution in [0.5, 0.6) is 0 Å². The van der Waals surface area contributed by atoms with Crippen molar-refractivity contribution >= 4 is 32.4 Å². The summed E-state index contributed by atoms with van der Waals surface area (Å²) in [6.07, 6.45) is -0.971. The number of nitrogens with zero attached hydrogens (tertiary/aromatic N) is 3. The average molecular weight is 485 g/mol. The normalized spacial score (nSPS) is 14.7. The molecular formula is C24H19F3N4O2S. The van der Waals surface area contributed by atoms with Gasteiger partial charge in [0.1, 0.15) is 5.82 Å². The van der Waals surface area contributed by atoms with Gasteiger partial charge in [-0.1, -0.05) is 24.3 Å². The minimum absolute atomic E-state index is 0.0427. The maximum Gasteiger partial charge on any atom is 0.416 e. The van der Waals surface area contributed by atoms with Gasteiger partial charge in [-0.25, -0.2) is 13.4 Å². The van der Waals surface area contributed by atoms with Crippen LogP contribution >= 0.6 is 0 Å². The molecule has 174 valence electrons. The molecule has 4 aromatic rings. The van der Waals surface area contributed by atoms with Crippen LogP contribution in [0.4, 0.5) is 24.7 Å². The van der Waals surface area contributed by atoms with E-state index in [1.807, 2.05) is 30.3 Å². The summed E-state index contributed by atoms with van der Waals surface area (Å²) in [5, 5.41) is 4.24. The number of sulfonamides is 1. The van der Waals surface area contributed by atoms with Gasteiger partial charge in [0.15, 0.2) is 0 Å². The van der Waals surface area contributed by atoms with E-state index in [1.54, 1.807) is 18.5 Å². The van der Waals surface area contributed by atoms with Crippen LogP contribution in [-0.4, -0.2) is 29.2 Å². The Morgan fingerprint density at radius 1 is 0.971 bits per heavy atom. The summed E-state index contributed by atoms with van der Waals surface area (Å²) in [5.41, 5.74) is 2.23. The second-order valence-corrected chi connectivity index (χ2v) is 9.89. The molecule has 0 fully saturated rings. The van der Waals surface area contributed by atoms with Crippen molar-refractivity contribution in [2.75, 3.05) is 11.9 Å². The first kappa shape index (κ1) is 22.3. The van der Waals surface area contributed by atoms with Gasteiger partial charge >= 0.3 is 6.18 Å². The lowest BCUT2D eigenvalue weighted by molar-refractivity contribution is -0.137. The number of hydrogen-bond donors (Lipinski definition) is 1. The van der Waals surface area contributed by atoms with Gasteiger partial charge < -0.3 is 5.32 Å². The molecule has 10 heteroatoms. The molecule has 1 aliphatic heterocycles. The van der Waals surface area contributed by atoms with Crippen molar-refractivity contribution in [3.63, 3.8) is 0 Å². The number of aromatic nitrogens is 2. The highest BCUT2D eigenvalue weighted by molar-refractivity contribution is 7.89. The Balaban J connectivity index is 1.41. The van der Waals surface area contributed by atoms with Crippen LogP contribution in [0.25, 0.3) is 10.9 Å². The van der Waals surface area contributed by atoms with E-state index >= 15 is 0 Å². The van der Waals surface area contributed by atoms with Gasteiger partial charge in [-0.15, -0.1) is 0 Å². The van der Waals surface area contributed by atoms with Crippen molar-refractivity contribution in [3.8, 4) is 0 Å². The third-order valence-corrected chi connectivity index (χ3v) is 7.60. The number of fused-ring (bicyclic) bond motifs is 2. The zero-order valence-electron chi connectivity index (χ0n) is 17.7. The molecule has 1 N–H and O–H groups in total. The van der Waals surface area contributed by atoms with E-state index in [2.05, 4.69) is 15.3 Å². The van der Waals surface area contributed by atoms with Gasteiger partial charge in [0.05, 0.1) is 27.9 Å². The molecule has 2 aromatic carbocycles. The predicted molar refractivity (Wildman–Crippen MR) is 122 cm³/mol. The summed E-state index contributed by atoms with van der Waals surface area (Å²) in [5.74, 6) is 0.602. The smallest absolute Gasteiger partial charge is 0.339 e. The molecule has 0 saturated carbocycles. The SMILES string of the molecule is O=S(=O)(c1cccc(C(F)(F)F)c1)N1CCc2c(ccnc2Nc2cnc3ccccc3c2)C1. The Hall–Kier alpha value is -3.50. The fourth-order valence-corrected chi connectivity index (χ4v) is 5.50. The van der Waals surface area contributed by atoms with Crippen molar-refractivity contribution in [3.05, 3.63) is 89.7 Å². The number of nitrogens with one attached hydrogen (secondary N) is 1. The monoisotopic (exact) mass is 484 g/mol. The Morgan fingerprint density at radius 3 is 2.62 bits per heavy atom. The lowest BCUT2D eigenvalue weighted by atomic mass is 10.0. The Labute approximate surface area is 194 Å². The highest BCUT2D eigenvalue weighted by atomic mass is 32.2. The molecular weight excluding hydrogens is 465 g/mol. The van der Waals surface area contributed by atoms with E-state index in [0.717, 1.165) is 39.8 Å². The summed E-state index contributed by atoms with van der Waals surface area (Å²) < 4.78 is 66.6. The van der Waals surface area contributed by atoms with Gasteiger partial charge in [-0.3, -0.25) is 4.98 Å². The Kier molecular flexibility index (Phi) is 5.49. The maximum absolute atomic E-state index is 13.1. The molecule has 2 aromatic heterocycles. The molecule has 0 unspecified atom stereocenters. The second kappa shape index (κ2) is 8.37. The Bertz CT molecular complexity index is 1490. The second-order valence-electron chi connectivity index (χ2n) is 7.95. The zero-order chi connectivity index (χ0) is 23.9. The first-order valence-corrected chi connectivity index (χ1v) is 11.9. The van der Waals surface area contributed by atoms with E-state index in [0.29, 0.717) is 18.3 Å². The first-order chi connectivity index (χ1) is 16.2. The number of benzene rings is 2. The molecule has 0 saturated heterocycles. The van der Waals surface area contributed by atoms with Crippen molar-refractivity contribution in [2.45, 2.75) is 24.0 Å². The molecule has 0 radical (unpaired) electrons. The summed E-state index contributed by atoms with van der Waals surface area (Å²) in [4.78, 5) is 8.48. The topological polar surface area (TPSA) is 75.2 Å². The van der Waals surface area contributed by atoms with E-state index in [1.165, 1.54) is 10.4 Å².